The largest absolute Gasteiger partial charge is 0.497 e. The van der Waals surface area contributed by atoms with E-state index < -0.39 is 0 Å². The van der Waals surface area contributed by atoms with Gasteiger partial charge in [0.2, 0.25) is 5.91 Å². The van der Waals surface area contributed by atoms with Crippen LogP contribution in [0.2, 0.25) is 0 Å². The van der Waals surface area contributed by atoms with Crippen molar-refractivity contribution in [1.82, 2.24) is 10.2 Å². The molecule has 0 fully saturated rings. The highest BCUT2D eigenvalue weighted by atomic mass is 16.5. The summed E-state index contributed by atoms with van der Waals surface area (Å²) in [5.41, 5.74) is 2.22. The van der Waals surface area contributed by atoms with Crippen LogP contribution in [0.25, 0.3) is 0 Å². The number of benzene rings is 2. The average Bonchev–Trinajstić information content (AvgIpc) is 2.69. The quantitative estimate of drug-likeness (QED) is 0.784. The predicted molar refractivity (Wildman–Crippen MR) is 104 cm³/mol. The van der Waals surface area contributed by atoms with E-state index in [1.54, 1.807) is 45.3 Å². The Hall–Kier alpha value is -3.22. The second-order valence-electron chi connectivity index (χ2n) is 5.97. The van der Waals surface area contributed by atoms with Crippen molar-refractivity contribution in [2.75, 3.05) is 33.6 Å². The summed E-state index contributed by atoms with van der Waals surface area (Å²) in [5.74, 6) is 1.22. The smallest absolute Gasteiger partial charge is 0.321 e. The van der Waals surface area contributed by atoms with Crippen LogP contribution in [0.4, 0.5) is 10.5 Å². The third-order valence-electron chi connectivity index (χ3n) is 4.14. The van der Waals surface area contributed by atoms with E-state index in [0.717, 1.165) is 11.1 Å². The van der Waals surface area contributed by atoms with Crippen molar-refractivity contribution < 1.29 is 19.1 Å². The van der Waals surface area contributed by atoms with E-state index in [2.05, 4.69) is 10.6 Å². The number of urea groups is 1. The molecule has 0 aromatic heterocycles. The van der Waals surface area contributed by atoms with Crippen molar-refractivity contribution in [3.05, 3.63) is 53.6 Å². The summed E-state index contributed by atoms with van der Waals surface area (Å²) in [6.07, 6.45) is 0.197. The normalized spacial score (nSPS) is 10.1. The molecule has 0 heterocycles. The van der Waals surface area contributed by atoms with Crippen molar-refractivity contribution in [2.45, 2.75) is 13.0 Å². The molecule has 2 rings (SSSR count). The molecule has 7 heteroatoms. The first-order valence-corrected chi connectivity index (χ1v) is 8.50. The fourth-order valence-electron chi connectivity index (χ4n) is 2.58. The van der Waals surface area contributed by atoms with Gasteiger partial charge in [-0.25, -0.2) is 4.79 Å². The van der Waals surface area contributed by atoms with E-state index in [-0.39, 0.29) is 18.4 Å². The van der Waals surface area contributed by atoms with Crippen LogP contribution in [0.5, 0.6) is 11.5 Å². The molecular formula is C20H25N3O4. The van der Waals surface area contributed by atoms with Gasteiger partial charge in [-0.2, -0.15) is 0 Å². The number of rotatable bonds is 7. The summed E-state index contributed by atoms with van der Waals surface area (Å²) in [6.45, 7) is 0.358. The number of ether oxygens (including phenoxy) is 2. The molecule has 2 aromatic rings. The number of hydrogen-bond donors (Lipinski definition) is 2. The first-order valence-electron chi connectivity index (χ1n) is 8.50. The standard InChI is InChI=1S/C20H25N3O4/c1-21-19(24)11-14-7-5-6-8-17(14)22-20(25)23(2)13-15-9-10-16(26-3)12-18(15)27-4/h5-10,12H,11,13H2,1-4H3,(H,21,24)(H,22,25). The van der Waals surface area contributed by atoms with Crippen molar-refractivity contribution in [2.24, 2.45) is 0 Å². The number of nitrogens with zero attached hydrogens (tertiary/aromatic N) is 1. The maximum Gasteiger partial charge on any atom is 0.321 e. The number of para-hydroxylation sites is 1. The number of likely N-dealkylation sites (N-methyl/N-ethyl adjacent to an activating group) is 1. The SMILES string of the molecule is CNC(=O)Cc1ccccc1NC(=O)N(C)Cc1ccc(OC)cc1OC. The highest BCUT2D eigenvalue weighted by Crippen LogP contribution is 2.25. The molecule has 0 aliphatic carbocycles. The van der Waals surface area contributed by atoms with E-state index in [0.29, 0.717) is 23.7 Å². The lowest BCUT2D eigenvalue weighted by molar-refractivity contribution is -0.119. The van der Waals surface area contributed by atoms with E-state index in [4.69, 9.17) is 9.47 Å². The highest BCUT2D eigenvalue weighted by molar-refractivity contribution is 5.91. The average molecular weight is 371 g/mol. The van der Waals surface area contributed by atoms with Crippen LogP contribution >= 0.6 is 0 Å². The van der Waals surface area contributed by atoms with Crippen molar-refractivity contribution >= 4 is 17.6 Å². The molecule has 144 valence electrons. The van der Waals surface area contributed by atoms with Gasteiger partial charge >= 0.3 is 6.03 Å². The fourth-order valence-corrected chi connectivity index (χ4v) is 2.58. The molecule has 2 N–H and O–H groups in total. The van der Waals surface area contributed by atoms with Gasteiger partial charge < -0.3 is 25.0 Å². The van der Waals surface area contributed by atoms with Gasteiger partial charge in [-0.3, -0.25) is 4.79 Å². The van der Waals surface area contributed by atoms with Crippen molar-refractivity contribution in [1.29, 1.82) is 0 Å². The lowest BCUT2D eigenvalue weighted by atomic mass is 10.1. The molecule has 0 bridgehead atoms. The van der Waals surface area contributed by atoms with Gasteiger partial charge in [-0.05, 0) is 23.8 Å². The molecular weight excluding hydrogens is 346 g/mol. The molecule has 27 heavy (non-hydrogen) atoms. The number of anilines is 1. The van der Waals surface area contributed by atoms with Crippen LogP contribution in [0.15, 0.2) is 42.5 Å². The maximum absolute atomic E-state index is 12.6. The molecule has 7 nitrogen and oxygen atoms in total. The number of methoxy groups -OCH3 is 2. The number of nitrogens with one attached hydrogen (secondary N) is 2. The molecule has 0 aliphatic heterocycles. The third-order valence-corrected chi connectivity index (χ3v) is 4.14. The summed E-state index contributed by atoms with van der Waals surface area (Å²) in [4.78, 5) is 25.8. The van der Waals surface area contributed by atoms with Gasteiger partial charge in [0, 0.05) is 31.4 Å². The Morgan fingerprint density at radius 1 is 1.04 bits per heavy atom. The van der Waals surface area contributed by atoms with E-state index in [9.17, 15) is 9.59 Å². The molecule has 3 amide bonds. The zero-order chi connectivity index (χ0) is 19.8. The second-order valence-corrected chi connectivity index (χ2v) is 5.97. The van der Waals surface area contributed by atoms with E-state index in [1.165, 1.54) is 0 Å². The Morgan fingerprint density at radius 3 is 2.44 bits per heavy atom. The van der Waals surface area contributed by atoms with Crippen LogP contribution in [0.1, 0.15) is 11.1 Å². The number of carbonyl (C=O) groups excluding carboxylic acids is 2. The lowest BCUT2D eigenvalue weighted by Gasteiger charge is -2.21. The van der Waals surface area contributed by atoms with Gasteiger partial charge in [-0.15, -0.1) is 0 Å². The molecule has 0 atom stereocenters. The zero-order valence-electron chi connectivity index (χ0n) is 16.0. The molecule has 2 aromatic carbocycles. The second kappa shape index (κ2) is 9.47. The highest BCUT2D eigenvalue weighted by Gasteiger charge is 2.15. The summed E-state index contributed by atoms with van der Waals surface area (Å²) in [6, 6.07) is 12.4. The molecule has 0 aliphatic rings. The molecule has 0 spiro atoms. The summed E-state index contributed by atoms with van der Waals surface area (Å²) >= 11 is 0. The fraction of sp³-hybridized carbons (Fsp3) is 0.300. The first kappa shape index (κ1) is 20.1. The predicted octanol–water partition coefficient (Wildman–Crippen LogP) is 2.66. The molecule has 0 radical (unpaired) electrons. The Kier molecular flexibility index (Phi) is 7.05. The Balaban J connectivity index is 2.10. The van der Waals surface area contributed by atoms with Gasteiger partial charge in [0.25, 0.3) is 0 Å². The number of amides is 3. The molecule has 0 unspecified atom stereocenters. The first-order chi connectivity index (χ1) is 13.0. The Bertz CT molecular complexity index is 808. The minimum absolute atomic E-state index is 0.118. The topological polar surface area (TPSA) is 79.9 Å². The van der Waals surface area contributed by atoms with Gasteiger partial charge in [0.15, 0.2) is 0 Å². The van der Waals surface area contributed by atoms with Gasteiger partial charge in [-0.1, -0.05) is 18.2 Å². The lowest BCUT2D eigenvalue weighted by Crippen LogP contribution is -2.31. The summed E-state index contributed by atoms with van der Waals surface area (Å²) in [5, 5.41) is 5.45. The number of carbonyl (C=O) groups is 2. The van der Waals surface area contributed by atoms with Crippen LogP contribution in [-0.4, -0.2) is 45.2 Å². The van der Waals surface area contributed by atoms with Crippen molar-refractivity contribution in [3.63, 3.8) is 0 Å². The minimum Gasteiger partial charge on any atom is -0.497 e. The molecule has 0 saturated carbocycles. The third kappa shape index (κ3) is 5.37. The Labute approximate surface area is 159 Å². The van der Waals surface area contributed by atoms with Crippen LogP contribution in [0.3, 0.4) is 0 Å². The van der Waals surface area contributed by atoms with Gasteiger partial charge in [0.1, 0.15) is 11.5 Å². The zero-order valence-corrected chi connectivity index (χ0v) is 16.0. The molecule has 0 saturated heterocycles. The number of hydrogen-bond acceptors (Lipinski definition) is 4. The maximum atomic E-state index is 12.6. The summed E-state index contributed by atoms with van der Waals surface area (Å²) < 4.78 is 10.6. The van der Waals surface area contributed by atoms with Gasteiger partial charge in [0.05, 0.1) is 27.2 Å². The van der Waals surface area contributed by atoms with Crippen LogP contribution in [0, 0.1) is 0 Å². The van der Waals surface area contributed by atoms with Crippen molar-refractivity contribution in [3.8, 4) is 11.5 Å². The summed E-state index contributed by atoms with van der Waals surface area (Å²) in [7, 11) is 6.44. The van der Waals surface area contributed by atoms with Crippen LogP contribution < -0.4 is 20.1 Å². The minimum atomic E-state index is -0.280. The Morgan fingerprint density at radius 2 is 1.78 bits per heavy atom. The van der Waals surface area contributed by atoms with E-state index in [1.807, 2.05) is 30.3 Å². The monoisotopic (exact) mass is 371 g/mol. The van der Waals surface area contributed by atoms with Crippen LogP contribution in [-0.2, 0) is 17.8 Å². The van der Waals surface area contributed by atoms with E-state index >= 15 is 0 Å².